The fourth-order valence-electron chi connectivity index (χ4n) is 2.06. The van der Waals surface area contributed by atoms with Gasteiger partial charge in [-0.3, -0.25) is 4.79 Å². The first-order chi connectivity index (χ1) is 12.2. The lowest BCUT2D eigenvalue weighted by Gasteiger charge is -2.15. The van der Waals surface area contributed by atoms with Gasteiger partial charge in [-0.2, -0.15) is 4.72 Å². The molecule has 2 aromatic rings. The van der Waals surface area contributed by atoms with Crippen LogP contribution in [0.4, 0.5) is 10.1 Å². The second-order valence-corrected chi connectivity index (χ2v) is 7.49. The molecule has 0 spiro atoms. The van der Waals surface area contributed by atoms with E-state index in [0.717, 1.165) is 0 Å². The van der Waals surface area contributed by atoms with Crippen molar-refractivity contribution in [3.05, 3.63) is 53.3 Å². The molecule has 6 nitrogen and oxygen atoms in total. The molecule has 0 saturated carbocycles. The molecule has 2 N–H and O–H groups in total. The second-order valence-electron chi connectivity index (χ2n) is 5.36. The number of amides is 1. The topological polar surface area (TPSA) is 84.5 Å². The zero-order chi connectivity index (χ0) is 19.3. The zero-order valence-electron chi connectivity index (χ0n) is 14.1. The minimum Gasteiger partial charge on any atom is -0.492 e. The van der Waals surface area contributed by atoms with E-state index in [2.05, 4.69) is 10.0 Å². The fraction of sp³-hybridized carbons (Fsp3) is 0.235. The summed E-state index contributed by atoms with van der Waals surface area (Å²) in [6.45, 7) is 3.57. The van der Waals surface area contributed by atoms with Crippen LogP contribution in [0.15, 0.2) is 47.4 Å². The number of carbonyl (C=O) groups excluding carboxylic acids is 1. The van der Waals surface area contributed by atoms with Crippen molar-refractivity contribution in [2.75, 3.05) is 11.9 Å². The lowest BCUT2D eigenvalue weighted by Crippen LogP contribution is -2.41. The van der Waals surface area contributed by atoms with Crippen LogP contribution in [0.5, 0.6) is 5.75 Å². The molecular weight excluding hydrogens is 383 g/mol. The smallest absolute Gasteiger partial charge is 0.242 e. The van der Waals surface area contributed by atoms with Gasteiger partial charge < -0.3 is 10.1 Å². The SMILES string of the molecule is CCOc1ccc(S(=O)(=O)N[C@@H](C)C(=O)Nc2ccc(F)cc2)cc1Cl. The van der Waals surface area contributed by atoms with Crippen LogP contribution in [-0.2, 0) is 14.8 Å². The number of ether oxygens (including phenoxy) is 1. The molecule has 0 bridgehead atoms. The third kappa shape index (κ3) is 5.17. The van der Waals surface area contributed by atoms with Crippen LogP contribution >= 0.6 is 11.6 Å². The van der Waals surface area contributed by atoms with E-state index in [1.807, 2.05) is 0 Å². The van der Waals surface area contributed by atoms with Gasteiger partial charge in [0.25, 0.3) is 0 Å². The van der Waals surface area contributed by atoms with Gasteiger partial charge >= 0.3 is 0 Å². The van der Waals surface area contributed by atoms with Crippen molar-refractivity contribution in [2.24, 2.45) is 0 Å². The summed E-state index contributed by atoms with van der Waals surface area (Å²) in [6, 6.07) is 8.10. The number of rotatable bonds is 7. The van der Waals surface area contributed by atoms with Gasteiger partial charge in [-0.15, -0.1) is 0 Å². The molecule has 140 valence electrons. The molecular formula is C17H18ClFN2O4S. The highest BCUT2D eigenvalue weighted by Crippen LogP contribution is 2.27. The molecule has 0 unspecified atom stereocenters. The van der Waals surface area contributed by atoms with Gasteiger partial charge in [0, 0.05) is 5.69 Å². The Morgan fingerprint density at radius 1 is 1.23 bits per heavy atom. The van der Waals surface area contributed by atoms with Crippen molar-refractivity contribution in [3.63, 3.8) is 0 Å². The monoisotopic (exact) mass is 400 g/mol. The Balaban J connectivity index is 2.08. The summed E-state index contributed by atoms with van der Waals surface area (Å²) < 4.78 is 45.3. The van der Waals surface area contributed by atoms with Gasteiger partial charge in [0.15, 0.2) is 0 Å². The summed E-state index contributed by atoms with van der Waals surface area (Å²) in [5.74, 6) is -0.656. The highest BCUT2D eigenvalue weighted by molar-refractivity contribution is 7.89. The number of carbonyl (C=O) groups is 1. The van der Waals surface area contributed by atoms with Crippen LogP contribution in [0.3, 0.4) is 0 Å². The van der Waals surface area contributed by atoms with Crippen LogP contribution in [0.2, 0.25) is 5.02 Å². The zero-order valence-corrected chi connectivity index (χ0v) is 15.7. The standard InChI is InChI=1S/C17H18ClFN2O4S/c1-3-25-16-9-8-14(10-15(16)18)26(23,24)21-11(2)17(22)20-13-6-4-12(19)5-7-13/h4-11,21H,3H2,1-2H3,(H,20,22)/t11-/m0/s1. The van der Waals surface area contributed by atoms with Crippen molar-refractivity contribution in [3.8, 4) is 5.75 Å². The molecule has 2 rings (SSSR count). The normalized spacial score (nSPS) is 12.5. The van der Waals surface area contributed by atoms with E-state index in [9.17, 15) is 17.6 Å². The van der Waals surface area contributed by atoms with Crippen LogP contribution in [-0.4, -0.2) is 27.0 Å². The largest absolute Gasteiger partial charge is 0.492 e. The van der Waals surface area contributed by atoms with Crippen molar-refractivity contribution in [1.82, 2.24) is 4.72 Å². The molecule has 9 heteroatoms. The molecule has 0 heterocycles. The number of anilines is 1. The Morgan fingerprint density at radius 3 is 2.46 bits per heavy atom. The number of nitrogens with one attached hydrogen (secondary N) is 2. The minimum atomic E-state index is -3.97. The van der Waals surface area contributed by atoms with Crippen LogP contribution < -0.4 is 14.8 Å². The molecule has 0 aromatic heterocycles. The van der Waals surface area contributed by atoms with E-state index in [4.69, 9.17) is 16.3 Å². The maximum Gasteiger partial charge on any atom is 0.242 e. The summed E-state index contributed by atoms with van der Waals surface area (Å²) in [7, 11) is -3.97. The Morgan fingerprint density at radius 2 is 1.88 bits per heavy atom. The van der Waals surface area contributed by atoms with Gasteiger partial charge in [-0.1, -0.05) is 11.6 Å². The van der Waals surface area contributed by atoms with Crippen molar-refractivity contribution < 1.29 is 22.3 Å². The average Bonchev–Trinajstić information content (AvgIpc) is 2.58. The van der Waals surface area contributed by atoms with E-state index >= 15 is 0 Å². The van der Waals surface area contributed by atoms with Crippen molar-refractivity contribution in [2.45, 2.75) is 24.8 Å². The van der Waals surface area contributed by atoms with Gasteiger partial charge in [0.1, 0.15) is 11.6 Å². The maximum absolute atomic E-state index is 12.9. The van der Waals surface area contributed by atoms with Gasteiger partial charge in [0.05, 0.1) is 22.6 Å². The number of sulfonamides is 1. The summed E-state index contributed by atoms with van der Waals surface area (Å²) in [5, 5.41) is 2.65. The molecule has 0 aliphatic rings. The highest BCUT2D eigenvalue weighted by Gasteiger charge is 2.23. The highest BCUT2D eigenvalue weighted by atomic mass is 35.5. The van der Waals surface area contributed by atoms with Gasteiger partial charge in [0.2, 0.25) is 15.9 Å². The quantitative estimate of drug-likeness (QED) is 0.747. The van der Waals surface area contributed by atoms with Crippen LogP contribution in [0, 0.1) is 5.82 Å². The molecule has 1 atom stereocenters. The minimum absolute atomic E-state index is 0.0904. The number of hydrogen-bond acceptors (Lipinski definition) is 4. The predicted octanol–water partition coefficient (Wildman–Crippen LogP) is 3.18. The third-order valence-electron chi connectivity index (χ3n) is 3.35. The third-order valence-corrected chi connectivity index (χ3v) is 5.18. The molecule has 0 aliphatic heterocycles. The molecule has 0 saturated heterocycles. The lowest BCUT2D eigenvalue weighted by molar-refractivity contribution is -0.117. The summed E-state index contributed by atoms with van der Waals surface area (Å²) in [6.07, 6.45) is 0. The Labute approximate surface area is 156 Å². The number of hydrogen-bond donors (Lipinski definition) is 2. The average molecular weight is 401 g/mol. The van der Waals surface area contributed by atoms with E-state index in [0.29, 0.717) is 18.0 Å². The lowest BCUT2D eigenvalue weighted by atomic mass is 10.3. The molecule has 26 heavy (non-hydrogen) atoms. The second kappa shape index (κ2) is 8.48. The molecule has 1 amide bonds. The first-order valence-corrected chi connectivity index (χ1v) is 9.60. The van der Waals surface area contributed by atoms with Gasteiger partial charge in [-0.25, -0.2) is 12.8 Å². The molecule has 2 aromatic carbocycles. The van der Waals surface area contributed by atoms with Gasteiger partial charge in [-0.05, 0) is 56.3 Å². The van der Waals surface area contributed by atoms with E-state index in [1.54, 1.807) is 6.92 Å². The first-order valence-electron chi connectivity index (χ1n) is 7.74. The van der Waals surface area contributed by atoms with E-state index in [1.165, 1.54) is 49.4 Å². The molecule has 0 aliphatic carbocycles. The molecule has 0 radical (unpaired) electrons. The fourth-order valence-corrected chi connectivity index (χ4v) is 3.59. The Hall–Kier alpha value is -2.16. The van der Waals surface area contributed by atoms with Crippen LogP contribution in [0.25, 0.3) is 0 Å². The number of halogens is 2. The summed E-state index contributed by atoms with van der Waals surface area (Å²) >= 11 is 6.01. The summed E-state index contributed by atoms with van der Waals surface area (Å²) in [5.41, 5.74) is 0.353. The number of benzene rings is 2. The van der Waals surface area contributed by atoms with E-state index in [-0.39, 0.29) is 9.92 Å². The molecule has 0 fully saturated rings. The van der Waals surface area contributed by atoms with Crippen LogP contribution in [0.1, 0.15) is 13.8 Å². The van der Waals surface area contributed by atoms with E-state index < -0.39 is 27.8 Å². The first kappa shape index (κ1) is 20.2. The Bertz CT molecular complexity index is 888. The predicted molar refractivity (Wildman–Crippen MR) is 97.4 cm³/mol. The Kier molecular flexibility index (Phi) is 6.57. The summed E-state index contributed by atoms with van der Waals surface area (Å²) in [4.78, 5) is 12.0. The van der Waals surface area contributed by atoms with Crippen molar-refractivity contribution in [1.29, 1.82) is 0 Å². The maximum atomic E-state index is 12.9. The van der Waals surface area contributed by atoms with Crippen molar-refractivity contribution >= 4 is 33.2 Å².